The molecule has 0 saturated heterocycles. The van der Waals surface area contributed by atoms with Crippen molar-refractivity contribution < 1.29 is 9.53 Å². The predicted molar refractivity (Wildman–Crippen MR) is 70.9 cm³/mol. The van der Waals surface area contributed by atoms with E-state index in [-0.39, 0.29) is 11.3 Å². The molecule has 1 fully saturated rings. The first-order chi connectivity index (χ1) is 8.56. The SMILES string of the molecule is COc1ccc2c(c1)[C@]1(C)CCC(C)[C@H](C2)C1=O. The van der Waals surface area contributed by atoms with Gasteiger partial charge in [-0.15, -0.1) is 0 Å². The Hall–Kier alpha value is -1.31. The minimum Gasteiger partial charge on any atom is -0.497 e. The summed E-state index contributed by atoms with van der Waals surface area (Å²) in [5, 5.41) is 0. The van der Waals surface area contributed by atoms with E-state index in [4.69, 9.17) is 4.74 Å². The number of Topliss-reactive ketones (excluding diaryl/α,β-unsaturated/α-hetero) is 1. The van der Waals surface area contributed by atoms with Crippen molar-refractivity contribution in [2.45, 2.75) is 38.5 Å². The van der Waals surface area contributed by atoms with Gasteiger partial charge in [0.05, 0.1) is 12.5 Å². The van der Waals surface area contributed by atoms with Gasteiger partial charge in [-0.1, -0.05) is 13.0 Å². The lowest BCUT2D eigenvalue weighted by molar-refractivity contribution is -0.133. The van der Waals surface area contributed by atoms with E-state index in [0.717, 1.165) is 25.0 Å². The van der Waals surface area contributed by atoms with Crippen molar-refractivity contribution in [3.05, 3.63) is 29.3 Å². The number of ether oxygens (including phenoxy) is 1. The van der Waals surface area contributed by atoms with Gasteiger partial charge < -0.3 is 4.74 Å². The normalized spacial score (nSPS) is 34.1. The molecule has 0 radical (unpaired) electrons. The zero-order valence-electron chi connectivity index (χ0n) is 11.3. The molecule has 1 aromatic carbocycles. The fraction of sp³-hybridized carbons (Fsp3) is 0.562. The average Bonchev–Trinajstić information content (AvgIpc) is 2.38. The molecule has 2 nitrogen and oxygen atoms in total. The quantitative estimate of drug-likeness (QED) is 0.758. The van der Waals surface area contributed by atoms with Crippen LogP contribution in [0.1, 0.15) is 37.8 Å². The third-order valence-electron chi connectivity index (χ3n) is 5.02. The highest BCUT2D eigenvalue weighted by molar-refractivity contribution is 5.95. The minimum absolute atomic E-state index is 0.227. The second-order valence-electron chi connectivity index (χ2n) is 6.05. The lowest BCUT2D eigenvalue weighted by Gasteiger charge is -2.45. The third-order valence-corrected chi connectivity index (χ3v) is 5.02. The second-order valence-corrected chi connectivity index (χ2v) is 6.05. The van der Waals surface area contributed by atoms with Crippen molar-refractivity contribution in [2.75, 3.05) is 7.11 Å². The smallest absolute Gasteiger partial charge is 0.146 e. The monoisotopic (exact) mass is 244 g/mol. The van der Waals surface area contributed by atoms with Gasteiger partial charge in [-0.2, -0.15) is 0 Å². The summed E-state index contributed by atoms with van der Waals surface area (Å²) in [5.41, 5.74) is 2.27. The van der Waals surface area contributed by atoms with E-state index in [1.807, 2.05) is 6.07 Å². The number of fused-ring (bicyclic) bond motifs is 4. The van der Waals surface area contributed by atoms with Crippen LogP contribution in [0.3, 0.4) is 0 Å². The molecule has 1 aromatic rings. The molecule has 0 spiro atoms. The highest BCUT2D eigenvalue weighted by Gasteiger charge is 2.49. The van der Waals surface area contributed by atoms with Gasteiger partial charge in [0.2, 0.25) is 0 Å². The van der Waals surface area contributed by atoms with Crippen LogP contribution >= 0.6 is 0 Å². The zero-order valence-corrected chi connectivity index (χ0v) is 11.3. The summed E-state index contributed by atoms with van der Waals surface area (Å²) in [6.07, 6.45) is 3.04. The van der Waals surface area contributed by atoms with E-state index in [1.54, 1.807) is 7.11 Å². The molecular formula is C16H20O2. The maximum Gasteiger partial charge on any atom is 0.146 e. The van der Waals surface area contributed by atoms with Gasteiger partial charge in [0.1, 0.15) is 11.5 Å². The van der Waals surface area contributed by atoms with Crippen molar-refractivity contribution in [1.29, 1.82) is 0 Å². The number of carbonyl (C=O) groups is 1. The summed E-state index contributed by atoms with van der Waals surface area (Å²) in [7, 11) is 1.68. The van der Waals surface area contributed by atoms with Crippen molar-refractivity contribution in [1.82, 2.24) is 0 Å². The molecular weight excluding hydrogens is 224 g/mol. The Balaban J connectivity index is 2.16. The van der Waals surface area contributed by atoms with Crippen molar-refractivity contribution in [2.24, 2.45) is 11.8 Å². The van der Waals surface area contributed by atoms with E-state index in [9.17, 15) is 4.79 Å². The van der Waals surface area contributed by atoms with Gasteiger partial charge in [0, 0.05) is 5.92 Å². The Kier molecular flexibility index (Phi) is 2.51. The fourth-order valence-corrected chi connectivity index (χ4v) is 3.68. The standard InChI is InChI=1S/C16H20O2/c1-10-6-7-16(2)14-9-12(18-3)5-4-11(14)8-13(10)15(16)17/h4-5,9-10,13H,6-8H2,1-3H3/t10?,13-,16-/m0/s1. The molecule has 18 heavy (non-hydrogen) atoms. The van der Waals surface area contributed by atoms with Crippen LogP contribution in [-0.2, 0) is 16.6 Å². The number of carbonyl (C=O) groups excluding carboxylic acids is 1. The van der Waals surface area contributed by atoms with Crippen molar-refractivity contribution >= 4 is 5.78 Å². The van der Waals surface area contributed by atoms with Crippen molar-refractivity contribution in [3.63, 3.8) is 0 Å². The Morgan fingerprint density at radius 3 is 2.89 bits per heavy atom. The van der Waals surface area contributed by atoms with E-state index < -0.39 is 0 Å². The first kappa shape index (κ1) is 11.8. The molecule has 1 unspecified atom stereocenters. The van der Waals surface area contributed by atoms with Gasteiger partial charge in [-0.3, -0.25) is 4.79 Å². The fourth-order valence-electron chi connectivity index (χ4n) is 3.68. The lowest BCUT2D eigenvalue weighted by Crippen LogP contribution is -2.49. The number of ketones is 1. The molecule has 0 aliphatic heterocycles. The number of rotatable bonds is 1. The minimum atomic E-state index is -0.278. The summed E-state index contributed by atoms with van der Waals surface area (Å²) in [5.74, 6) is 2.06. The Labute approximate surface area is 108 Å². The van der Waals surface area contributed by atoms with Crippen LogP contribution in [0.5, 0.6) is 5.75 Å². The van der Waals surface area contributed by atoms with Gasteiger partial charge in [-0.05, 0) is 55.4 Å². The zero-order chi connectivity index (χ0) is 12.9. The molecule has 2 bridgehead atoms. The third kappa shape index (κ3) is 1.44. The molecule has 0 amide bonds. The van der Waals surface area contributed by atoms with Gasteiger partial charge in [-0.25, -0.2) is 0 Å². The van der Waals surface area contributed by atoms with Crippen molar-refractivity contribution in [3.8, 4) is 5.75 Å². The second kappa shape index (κ2) is 3.84. The van der Waals surface area contributed by atoms with Crippen LogP contribution in [0.4, 0.5) is 0 Å². The number of benzene rings is 1. The Morgan fingerprint density at radius 2 is 2.17 bits per heavy atom. The molecule has 2 heteroatoms. The average molecular weight is 244 g/mol. The molecule has 3 rings (SSSR count). The van der Waals surface area contributed by atoms with E-state index in [2.05, 4.69) is 26.0 Å². The molecule has 3 atom stereocenters. The summed E-state index contributed by atoms with van der Waals surface area (Å²) < 4.78 is 5.31. The van der Waals surface area contributed by atoms with Crippen LogP contribution < -0.4 is 4.74 Å². The van der Waals surface area contributed by atoms with Crippen LogP contribution in [0.15, 0.2) is 18.2 Å². The Morgan fingerprint density at radius 1 is 1.39 bits per heavy atom. The lowest BCUT2D eigenvalue weighted by atomic mass is 9.57. The molecule has 0 aromatic heterocycles. The summed E-state index contributed by atoms with van der Waals surface area (Å²) in [6.45, 7) is 4.34. The van der Waals surface area contributed by atoms with Crippen LogP contribution in [0.2, 0.25) is 0 Å². The van der Waals surface area contributed by atoms with E-state index in [0.29, 0.717) is 11.7 Å². The maximum absolute atomic E-state index is 12.7. The highest BCUT2D eigenvalue weighted by Crippen LogP contribution is 2.48. The first-order valence-corrected chi connectivity index (χ1v) is 6.78. The van der Waals surface area contributed by atoms with Gasteiger partial charge in [0.25, 0.3) is 0 Å². The molecule has 0 heterocycles. The van der Waals surface area contributed by atoms with Crippen LogP contribution in [0, 0.1) is 11.8 Å². The predicted octanol–water partition coefficient (Wildman–Crippen LogP) is 3.12. The van der Waals surface area contributed by atoms with E-state index in [1.165, 1.54) is 11.1 Å². The van der Waals surface area contributed by atoms with E-state index >= 15 is 0 Å². The highest BCUT2D eigenvalue weighted by atomic mass is 16.5. The van der Waals surface area contributed by atoms with Gasteiger partial charge in [0.15, 0.2) is 0 Å². The molecule has 96 valence electrons. The first-order valence-electron chi connectivity index (χ1n) is 6.78. The largest absolute Gasteiger partial charge is 0.497 e. The molecule has 2 aliphatic rings. The summed E-state index contributed by atoms with van der Waals surface area (Å²) in [6, 6.07) is 6.22. The topological polar surface area (TPSA) is 26.3 Å². The number of hydrogen-bond donors (Lipinski definition) is 0. The van der Waals surface area contributed by atoms with Crippen LogP contribution in [-0.4, -0.2) is 12.9 Å². The molecule has 2 aliphatic carbocycles. The summed E-state index contributed by atoms with van der Waals surface area (Å²) in [4.78, 5) is 12.7. The summed E-state index contributed by atoms with van der Waals surface area (Å²) >= 11 is 0. The Bertz CT molecular complexity index is 506. The van der Waals surface area contributed by atoms with Crippen LogP contribution in [0.25, 0.3) is 0 Å². The maximum atomic E-state index is 12.7. The number of methoxy groups -OCH3 is 1. The molecule has 0 N–H and O–H groups in total. The molecule has 1 saturated carbocycles. The number of hydrogen-bond acceptors (Lipinski definition) is 2. The van der Waals surface area contributed by atoms with Gasteiger partial charge >= 0.3 is 0 Å².